The zero-order chi connectivity index (χ0) is 24.9. The lowest BCUT2D eigenvalue weighted by Crippen LogP contribution is -2.26. The number of benzene rings is 3. The maximum Gasteiger partial charge on any atom is 0.261 e. The van der Waals surface area contributed by atoms with E-state index in [1.165, 1.54) is 42.5 Å². The van der Waals surface area contributed by atoms with Crippen molar-refractivity contribution in [3.8, 4) is 11.5 Å². The van der Waals surface area contributed by atoms with E-state index < -0.39 is 15.8 Å². The number of ether oxygens (including phenoxy) is 2. The number of methoxy groups -OCH3 is 1. The monoisotopic (exact) mass is 486 g/mol. The minimum atomic E-state index is -4.01. The number of amides is 1. The summed E-state index contributed by atoms with van der Waals surface area (Å²) in [5.74, 6) is 0.112. The maximum absolute atomic E-state index is 13.8. The number of hydrogen-bond acceptors (Lipinski definition) is 5. The smallest absolute Gasteiger partial charge is 0.261 e. The highest BCUT2D eigenvalue weighted by atomic mass is 32.2. The van der Waals surface area contributed by atoms with Crippen LogP contribution in [0.5, 0.6) is 11.5 Å². The van der Waals surface area contributed by atoms with Gasteiger partial charge in [0.15, 0.2) is 11.5 Å². The highest BCUT2D eigenvalue weighted by Crippen LogP contribution is 2.31. The first-order chi connectivity index (χ1) is 16.1. The molecule has 0 radical (unpaired) electrons. The third kappa shape index (κ3) is 6.05. The Labute approximate surface area is 199 Å². The van der Waals surface area contributed by atoms with E-state index in [4.69, 9.17) is 9.47 Å². The molecule has 3 aromatic rings. The number of para-hydroxylation sites is 1. The number of rotatable bonds is 9. The highest BCUT2D eigenvalue weighted by Gasteiger charge is 2.18. The summed E-state index contributed by atoms with van der Waals surface area (Å²) >= 11 is 0. The second-order valence-electron chi connectivity index (χ2n) is 7.88. The number of halogens is 1. The molecule has 34 heavy (non-hydrogen) atoms. The molecule has 2 N–H and O–H groups in total. The number of hydrogen-bond donors (Lipinski definition) is 2. The molecule has 1 amide bonds. The molecule has 0 fully saturated rings. The highest BCUT2D eigenvalue weighted by molar-refractivity contribution is 7.92. The molecular formula is C25H27FN2O5S. The van der Waals surface area contributed by atoms with Gasteiger partial charge < -0.3 is 14.8 Å². The molecule has 0 saturated carbocycles. The average Bonchev–Trinajstić information content (AvgIpc) is 2.80. The van der Waals surface area contributed by atoms with E-state index in [1.807, 2.05) is 26.8 Å². The van der Waals surface area contributed by atoms with E-state index in [9.17, 15) is 17.6 Å². The van der Waals surface area contributed by atoms with Crippen molar-refractivity contribution in [2.45, 2.75) is 37.8 Å². The summed E-state index contributed by atoms with van der Waals surface area (Å²) in [6.07, 6.45) is -0.00872. The van der Waals surface area contributed by atoms with Crippen LogP contribution in [0.3, 0.4) is 0 Å². The lowest BCUT2D eigenvalue weighted by molar-refractivity contribution is 0.0939. The summed E-state index contributed by atoms with van der Waals surface area (Å²) in [5, 5.41) is 2.88. The lowest BCUT2D eigenvalue weighted by Gasteiger charge is -2.18. The zero-order valence-electron chi connectivity index (χ0n) is 19.3. The van der Waals surface area contributed by atoms with Gasteiger partial charge in [-0.05, 0) is 74.9 Å². The van der Waals surface area contributed by atoms with Gasteiger partial charge in [0.05, 0.1) is 29.8 Å². The first-order valence-electron chi connectivity index (χ1n) is 10.6. The Morgan fingerprint density at radius 3 is 2.24 bits per heavy atom. The topological polar surface area (TPSA) is 93.7 Å². The Kier molecular flexibility index (Phi) is 7.78. The van der Waals surface area contributed by atoms with Crippen molar-refractivity contribution in [2.24, 2.45) is 0 Å². The first kappa shape index (κ1) is 25.0. The molecule has 7 nitrogen and oxygen atoms in total. The van der Waals surface area contributed by atoms with Crippen molar-refractivity contribution in [2.75, 3.05) is 11.8 Å². The summed E-state index contributed by atoms with van der Waals surface area (Å²) < 4.78 is 52.2. The van der Waals surface area contributed by atoms with Crippen molar-refractivity contribution in [1.82, 2.24) is 5.32 Å². The van der Waals surface area contributed by atoms with Gasteiger partial charge in [-0.25, -0.2) is 12.8 Å². The van der Waals surface area contributed by atoms with E-state index in [1.54, 1.807) is 19.2 Å². The van der Waals surface area contributed by atoms with Crippen molar-refractivity contribution < 1.29 is 27.1 Å². The van der Waals surface area contributed by atoms with Crippen LogP contribution >= 0.6 is 0 Å². The third-order valence-electron chi connectivity index (χ3n) is 4.94. The second-order valence-corrected chi connectivity index (χ2v) is 9.56. The van der Waals surface area contributed by atoms with Crippen LogP contribution in [0.15, 0.2) is 71.6 Å². The minimum absolute atomic E-state index is 0.00872. The van der Waals surface area contributed by atoms with Gasteiger partial charge in [-0.15, -0.1) is 0 Å². The van der Waals surface area contributed by atoms with Gasteiger partial charge in [-0.1, -0.05) is 18.2 Å². The predicted octanol–water partition coefficient (Wildman–Crippen LogP) is 4.91. The summed E-state index contributed by atoms with van der Waals surface area (Å²) in [4.78, 5) is 12.6. The molecule has 0 aliphatic carbocycles. The van der Waals surface area contributed by atoms with Gasteiger partial charge in [0.2, 0.25) is 0 Å². The number of carbonyl (C=O) groups excluding carboxylic acids is 1. The summed E-state index contributed by atoms with van der Waals surface area (Å²) in [7, 11) is -2.46. The van der Waals surface area contributed by atoms with Crippen molar-refractivity contribution >= 4 is 21.6 Å². The SMILES string of the molecule is COc1cc(C(C)NC(=O)c2ccc(S(=O)(=O)Nc3ccccc3F)cc2)ccc1OC(C)C. The normalized spacial score (nSPS) is 12.2. The Morgan fingerprint density at radius 2 is 1.62 bits per heavy atom. The molecule has 0 heterocycles. The standard InChI is InChI=1S/C25H27FN2O5S/c1-16(2)33-23-14-11-19(15-24(23)32-4)17(3)27-25(29)18-9-12-20(13-10-18)34(30,31)28-22-8-6-5-7-21(22)26/h5-17,28H,1-4H3,(H,27,29). The fourth-order valence-electron chi connectivity index (χ4n) is 3.20. The number of nitrogens with one attached hydrogen (secondary N) is 2. The lowest BCUT2D eigenvalue weighted by atomic mass is 10.1. The van der Waals surface area contributed by atoms with Crippen molar-refractivity contribution in [3.63, 3.8) is 0 Å². The average molecular weight is 487 g/mol. The summed E-state index contributed by atoms with van der Waals surface area (Å²) in [6, 6.07) is 16.0. The molecule has 3 rings (SSSR count). The zero-order valence-corrected chi connectivity index (χ0v) is 20.1. The van der Waals surface area contributed by atoms with Crippen LogP contribution in [0.25, 0.3) is 0 Å². The first-order valence-corrected chi connectivity index (χ1v) is 12.1. The Hall–Kier alpha value is -3.59. The number of carbonyl (C=O) groups is 1. The van der Waals surface area contributed by atoms with Crippen LogP contribution in [0.4, 0.5) is 10.1 Å². The van der Waals surface area contributed by atoms with Crippen LogP contribution in [-0.4, -0.2) is 27.5 Å². The molecule has 0 saturated heterocycles. The molecular weight excluding hydrogens is 459 g/mol. The molecule has 0 aliphatic heterocycles. The van der Waals surface area contributed by atoms with Crippen LogP contribution in [0, 0.1) is 5.82 Å². The second kappa shape index (κ2) is 10.6. The van der Waals surface area contributed by atoms with E-state index in [-0.39, 0.29) is 34.2 Å². The molecule has 9 heteroatoms. The van der Waals surface area contributed by atoms with Gasteiger partial charge in [-0.2, -0.15) is 0 Å². The summed E-state index contributed by atoms with van der Waals surface area (Å²) in [6.45, 7) is 5.66. The fourth-order valence-corrected chi connectivity index (χ4v) is 4.27. The maximum atomic E-state index is 13.8. The molecule has 180 valence electrons. The summed E-state index contributed by atoms with van der Waals surface area (Å²) in [5.41, 5.74) is 0.941. The fraction of sp³-hybridized carbons (Fsp3) is 0.240. The van der Waals surface area contributed by atoms with E-state index in [0.29, 0.717) is 11.5 Å². The van der Waals surface area contributed by atoms with Gasteiger partial charge in [0.25, 0.3) is 15.9 Å². The number of sulfonamides is 1. The van der Waals surface area contributed by atoms with Crippen molar-refractivity contribution in [3.05, 3.63) is 83.7 Å². The molecule has 1 unspecified atom stereocenters. The molecule has 3 aromatic carbocycles. The van der Waals surface area contributed by atoms with Crippen LogP contribution in [0.2, 0.25) is 0 Å². The van der Waals surface area contributed by atoms with Crippen LogP contribution in [-0.2, 0) is 10.0 Å². The van der Waals surface area contributed by atoms with Crippen LogP contribution < -0.4 is 19.5 Å². The molecule has 0 bridgehead atoms. The van der Waals surface area contributed by atoms with Gasteiger partial charge >= 0.3 is 0 Å². The predicted molar refractivity (Wildman–Crippen MR) is 128 cm³/mol. The van der Waals surface area contributed by atoms with Gasteiger partial charge in [-0.3, -0.25) is 9.52 Å². The molecule has 0 aliphatic rings. The van der Waals surface area contributed by atoms with Gasteiger partial charge in [0.1, 0.15) is 5.82 Å². The Balaban J connectivity index is 1.70. The molecule has 0 aromatic heterocycles. The van der Waals surface area contributed by atoms with Gasteiger partial charge in [0, 0.05) is 5.56 Å². The molecule has 0 spiro atoms. The molecule has 1 atom stereocenters. The van der Waals surface area contributed by atoms with E-state index >= 15 is 0 Å². The van der Waals surface area contributed by atoms with Crippen molar-refractivity contribution in [1.29, 1.82) is 0 Å². The minimum Gasteiger partial charge on any atom is -0.493 e. The van der Waals surface area contributed by atoms with E-state index in [0.717, 1.165) is 11.6 Å². The third-order valence-corrected chi connectivity index (χ3v) is 6.32. The Bertz CT molecular complexity index is 1260. The Morgan fingerprint density at radius 1 is 0.941 bits per heavy atom. The van der Waals surface area contributed by atoms with Crippen LogP contribution in [0.1, 0.15) is 42.7 Å². The largest absolute Gasteiger partial charge is 0.493 e. The quantitative estimate of drug-likeness (QED) is 0.448. The van der Waals surface area contributed by atoms with E-state index in [2.05, 4.69) is 10.0 Å². The number of anilines is 1.